The molecule has 0 unspecified atom stereocenters. The molecule has 5 rings (SSSR count). The molecule has 0 aliphatic carbocycles. The summed E-state index contributed by atoms with van der Waals surface area (Å²) >= 11 is 0. The topological polar surface area (TPSA) is 123 Å². The van der Waals surface area contributed by atoms with Gasteiger partial charge in [-0.1, -0.05) is 18.2 Å². The van der Waals surface area contributed by atoms with Crippen LogP contribution >= 0.6 is 0 Å². The maximum absolute atomic E-state index is 12.8. The molecule has 0 radical (unpaired) electrons. The van der Waals surface area contributed by atoms with Crippen molar-refractivity contribution in [3.63, 3.8) is 0 Å². The molecule has 2 aromatic heterocycles. The van der Waals surface area contributed by atoms with Crippen molar-refractivity contribution in [1.29, 1.82) is 0 Å². The molecular weight excluding hydrogens is 522 g/mol. The van der Waals surface area contributed by atoms with Crippen molar-refractivity contribution in [2.75, 3.05) is 44.5 Å². The number of anilines is 3. The van der Waals surface area contributed by atoms with E-state index in [0.717, 1.165) is 22.5 Å². The fourth-order valence-corrected chi connectivity index (χ4v) is 4.70. The molecule has 212 valence electrons. The van der Waals surface area contributed by atoms with Crippen LogP contribution in [0.2, 0.25) is 0 Å². The summed E-state index contributed by atoms with van der Waals surface area (Å²) in [4.78, 5) is 36.3. The van der Waals surface area contributed by atoms with Crippen LogP contribution in [-0.4, -0.2) is 65.1 Å². The highest BCUT2D eigenvalue weighted by Gasteiger charge is 2.15. The number of carbonyl (C=O) groups excluding carboxylic acids is 2. The van der Waals surface area contributed by atoms with Crippen LogP contribution < -0.4 is 25.4 Å². The minimum Gasteiger partial charge on any atom is -0.493 e. The van der Waals surface area contributed by atoms with Crippen molar-refractivity contribution in [3.8, 4) is 11.5 Å². The van der Waals surface area contributed by atoms with Gasteiger partial charge in [0.25, 0.3) is 5.91 Å². The smallest absolute Gasteiger partial charge is 0.268 e. The lowest BCUT2D eigenvalue weighted by Crippen LogP contribution is -2.30. The van der Waals surface area contributed by atoms with E-state index in [1.807, 2.05) is 60.5 Å². The highest BCUT2D eigenvalue weighted by molar-refractivity contribution is 5.97. The van der Waals surface area contributed by atoms with Crippen molar-refractivity contribution >= 4 is 29.0 Å². The Balaban J connectivity index is 1.41. The van der Waals surface area contributed by atoms with Crippen LogP contribution in [0.5, 0.6) is 11.5 Å². The normalized spacial score (nSPS) is 15.0. The highest BCUT2D eigenvalue weighted by Crippen LogP contribution is 2.29. The van der Waals surface area contributed by atoms with Gasteiger partial charge in [-0.25, -0.2) is 9.97 Å². The van der Waals surface area contributed by atoms with Crippen molar-refractivity contribution in [3.05, 3.63) is 89.6 Å². The summed E-state index contributed by atoms with van der Waals surface area (Å²) in [7, 11) is 5.23. The SMILES string of the molecule is COc1ccc2cc1OCCNC(=O)c1cc(cn1C)NC(=O)CN(C)Cc1cccc(c1)Nc1cc(ncn1)C2. The number of nitrogens with zero attached hydrogens (tertiary/aromatic N) is 4. The second-order valence-electron chi connectivity index (χ2n) is 9.93. The fraction of sp³-hybridized carbons (Fsp3) is 0.267. The monoisotopic (exact) mass is 555 g/mol. The van der Waals surface area contributed by atoms with Gasteiger partial charge in [-0.05, 0) is 48.5 Å². The molecule has 1 aliphatic heterocycles. The molecule has 3 heterocycles. The number of likely N-dealkylation sites (N-methyl/N-ethyl adjacent to an activating group) is 1. The summed E-state index contributed by atoms with van der Waals surface area (Å²) < 4.78 is 13.1. The molecule has 0 atom stereocenters. The van der Waals surface area contributed by atoms with Crippen molar-refractivity contribution < 1.29 is 19.1 Å². The summed E-state index contributed by atoms with van der Waals surface area (Å²) in [5, 5.41) is 9.12. The van der Waals surface area contributed by atoms with Gasteiger partial charge in [-0.3, -0.25) is 14.5 Å². The molecule has 11 nitrogen and oxygen atoms in total. The predicted molar refractivity (Wildman–Crippen MR) is 156 cm³/mol. The number of hydrogen-bond donors (Lipinski definition) is 3. The summed E-state index contributed by atoms with van der Waals surface area (Å²) in [5.74, 6) is 1.41. The van der Waals surface area contributed by atoms with Crippen molar-refractivity contribution in [1.82, 2.24) is 24.8 Å². The Bertz CT molecular complexity index is 1550. The van der Waals surface area contributed by atoms with Gasteiger partial charge in [0.05, 0.1) is 31.6 Å². The standard InChI is InChI=1S/C30H33N7O4/c1-36-16-21-5-4-6-22(12-21)34-28-15-23(32-19-33-28)11-20-7-8-26(40-3)27(13-20)41-10-9-31-30(39)25-14-24(17-37(25)2)35-29(38)18-36/h4-8,12-15,17,19H,9-11,16,18H2,1-3H3,(H,31,39)(H,35,38)(H,32,33,34). The van der Waals surface area contributed by atoms with E-state index in [2.05, 4.69) is 25.9 Å². The minimum absolute atomic E-state index is 0.174. The van der Waals surface area contributed by atoms with E-state index in [1.54, 1.807) is 31.0 Å². The van der Waals surface area contributed by atoms with E-state index in [-0.39, 0.29) is 31.5 Å². The number of benzene rings is 2. The van der Waals surface area contributed by atoms with Crippen molar-refractivity contribution in [2.45, 2.75) is 13.0 Å². The number of carbonyl (C=O) groups is 2. The second-order valence-corrected chi connectivity index (χ2v) is 9.93. The Morgan fingerprint density at radius 1 is 0.927 bits per heavy atom. The molecule has 11 heteroatoms. The predicted octanol–water partition coefficient (Wildman–Crippen LogP) is 3.35. The number of hydrogen-bond acceptors (Lipinski definition) is 8. The van der Waals surface area contributed by atoms with Gasteiger partial charge in [-0.2, -0.15) is 0 Å². The zero-order valence-electron chi connectivity index (χ0n) is 23.3. The van der Waals surface area contributed by atoms with Crippen LogP contribution in [0.4, 0.5) is 17.2 Å². The third kappa shape index (κ3) is 7.20. The molecule has 0 saturated heterocycles. The Morgan fingerprint density at radius 2 is 1.80 bits per heavy atom. The molecule has 41 heavy (non-hydrogen) atoms. The Hall–Kier alpha value is -4.90. The Morgan fingerprint density at radius 3 is 2.66 bits per heavy atom. The van der Waals surface area contributed by atoms with Crippen LogP contribution in [-0.2, 0) is 24.8 Å². The maximum atomic E-state index is 12.8. The molecule has 0 saturated carbocycles. The molecule has 1 aliphatic rings. The zero-order chi connectivity index (χ0) is 28.8. The third-order valence-corrected chi connectivity index (χ3v) is 6.57. The minimum atomic E-state index is -0.267. The van der Waals surface area contributed by atoms with E-state index in [9.17, 15) is 9.59 Å². The fourth-order valence-electron chi connectivity index (χ4n) is 4.70. The molecule has 8 bridgehead atoms. The molecule has 2 amide bonds. The van der Waals surface area contributed by atoms with Gasteiger partial charge in [0, 0.05) is 38.0 Å². The summed E-state index contributed by atoms with van der Waals surface area (Å²) in [6.07, 6.45) is 3.82. The molecule has 0 spiro atoms. The van der Waals surface area contributed by atoms with Gasteiger partial charge in [0.1, 0.15) is 24.4 Å². The van der Waals surface area contributed by atoms with E-state index < -0.39 is 0 Å². The van der Waals surface area contributed by atoms with Gasteiger partial charge in [-0.15, -0.1) is 0 Å². The number of aryl methyl sites for hydroxylation is 1. The Kier molecular flexibility index (Phi) is 8.44. The highest BCUT2D eigenvalue weighted by atomic mass is 16.5. The van der Waals surface area contributed by atoms with Crippen LogP contribution in [0.15, 0.2) is 67.1 Å². The van der Waals surface area contributed by atoms with E-state index in [4.69, 9.17) is 9.47 Å². The molecule has 0 fully saturated rings. The maximum Gasteiger partial charge on any atom is 0.268 e. The molecular formula is C30H33N7O4. The quantitative estimate of drug-likeness (QED) is 0.327. The number of fused-ring (bicyclic) bond motifs is 8. The number of rotatable bonds is 1. The first-order valence-corrected chi connectivity index (χ1v) is 13.3. The van der Waals surface area contributed by atoms with Gasteiger partial charge >= 0.3 is 0 Å². The summed E-state index contributed by atoms with van der Waals surface area (Å²) in [6.45, 7) is 1.28. The third-order valence-electron chi connectivity index (χ3n) is 6.57. The van der Waals surface area contributed by atoms with Crippen LogP contribution in [0, 0.1) is 0 Å². The van der Waals surface area contributed by atoms with E-state index in [0.29, 0.717) is 41.7 Å². The van der Waals surface area contributed by atoms with E-state index >= 15 is 0 Å². The Labute approximate surface area is 238 Å². The zero-order valence-corrected chi connectivity index (χ0v) is 23.3. The molecule has 2 aromatic carbocycles. The first kappa shape index (κ1) is 27.7. The first-order chi connectivity index (χ1) is 19.9. The lowest BCUT2D eigenvalue weighted by Gasteiger charge is -2.17. The first-order valence-electron chi connectivity index (χ1n) is 13.3. The van der Waals surface area contributed by atoms with Gasteiger partial charge in [0.2, 0.25) is 5.91 Å². The van der Waals surface area contributed by atoms with Gasteiger partial charge < -0.3 is 30.0 Å². The van der Waals surface area contributed by atoms with E-state index in [1.165, 1.54) is 6.33 Å². The number of methoxy groups -OCH3 is 1. The van der Waals surface area contributed by atoms with Gasteiger partial charge in [0.15, 0.2) is 11.5 Å². The summed E-state index contributed by atoms with van der Waals surface area (Å²) in [6, 6.07) is 17.3. The number of ether oxygens (including phenoxy) is 2. The molecule has 3 N–H and O–H groups in total. The summed E-state index contributed by atoms with van der Waals surface area (Å²) in [5.41, 5.74) is 4.74. The number of amides is 2. The van der Waals surface area contributed by atoms with Crippen LogP contribution in [0.25, 0.3) is 0 Å². The van der Waals surface area contributed by atoms with Crippen molar-refractivity contribution in [2.24, 2.45) is 7.05 Å². The largest absolute Gasteiger partial charge is 0.493 e. The lowest BCUT2D eigenvalue weighted by atomic mass is 10.1. The number of nitrogens with one attached hydrogen (secondary N) is 3. The average Bonchev–Trinajstić information content (AvgIpc) is 3.30. The van der Waals surface area contributed by atoms with Crippen LogP contribution in [0.1, 0.15) is 27.3 Å². The molecule has 4 aromatic rings. The number of aromatic nitrogens is 3. The van der Waals surface area contributed by atoms with Crippen LogP contribution in [0.3, 0.4) is 0 Å². The second kappa shape index (κ2) is 12.5. The lowest BCUT2D eigenvalue weighted by molar-refractivity contribution is -0.117. The average molecular weight is 556 g/mol.